The van der Waals surface area contributed by atoms with Crippen LogP contribution in [0, 0.1) is 0 Å². The van der Waals surface area contributed by atoms with Gasteiger partial charge in [0.15, 0.2) is 5.76 Å². The van der Waals surface area contributed by atoms with Crippen molar-refractivity contribution < 1.29 is 14.3 Å². The van der Waals surface area contributed by atoms with Crippen molar-refractivity contribution in [1.82, 2.24) is 5.32 Å². The van der Waals surface area contributed by atoms with Crippen LogP contribution in [0.25, 0.3) is 0 Å². The number of hydrogen-bond donors (Lipinski definition) is 2. The van der Waals surface area contributed by atoms with E-state index in [0.717, 1.165) is 29.7 Å². The van der Waals surface area contributed by atoms with Crippen LogP contribution < -0.4 is 11.1 Å². The smallest absolute Gasteiger partial charge is 0.254 e. The van der Waals surface area contributed by atoms with Gasteiger partial charge in [-0.15, -0.1) is 11.3 Å². The number of anilines is 1. The Morgan fingerprint density at radius 1 is 1.35 bits per heavy atom. The van der Waals surface area contributed by atoms with Crippen molar-refractivity contribution in [2.45, 2.75) is 38.6 Å². The number of hydrogen-bond acceptors (Lipinski definition) is 5. The summed E-state index contributed by atoms with van der Waals surface area (Å²) in [4.78, 5) is 13.9. The zero-order chi connectivity index (χ0) is 18.4. The van der Waals surface area contributed by atoms with Crippen molar-refractivity contribution in [1.29, 1.82) is 0 Å². The molecule has 26 heavy (non-hydrogen) atoms. The molecule has 6 heteroatoms. The Kier molecular flexibility index (Phi) is 6.17. The summed E-state index contributed by atoms with van der Waals surface area (Å²) in [6, 6.07) is 11.6. The van der Waals surface area contributed by atoms with E-state index in [0.29, 0.717) is 22.7 Å². The molecule has 0 bridgehead atoms. The first kappa shape index (κ1) is 18.3. The van der Waals surface area contributed by atoms with Crippen LogP contribution in [0.2, 0.25) is 0 Å². The first-order valence-corrected chi connectivity index (χ1v) is 9.66. The summed E-state index contributed by atoms with van der Waals surface area (Å²) < 4.78 is 10.7. The Bertz CT molecular complexity index is 771. The van der Waals surface area contributed by atoms with Crippen LogP contribution in [0.5, 0.6) is 0 Å². The number of rotatable bonds is 8. The Labute approximate surface area is 157 Å². The number of carbonyl (C=O) groups excluding carboxylic acids is 1. The number of thiophene rings is 1. The predicted octanol–water partition coefficient (Wildman–Crippen LogP) is 3.86. The number of ether oxygens (including phenoxy) is 2. The van der Waals surface area contributed by atoms with Gasteiger partial charge in [0.1, 0.15) is 6.26 Å². The minimum atomic E-state index is -0.300. The minimum absolute atomic E-state index is 0.179. The van der Waals surface area contributed by atoms with Gasteiger partial charge in [-0.25, -0.2) is 0 Å². The van der Waals surface area contributed by atoms with Crippen LogP contribution in [0.4, 0.5) is 5.00 Å². The molecule has 0 fully saturated rings. The van der Waals surface area contributed by atoms with E-state index in [1.165, 1.54) is 11.3 Å². The lowest BCUT2D eigenvalue weighted by Crippen LogP contribution is -2.38. The normalized spacial score (nSPS) is 14.3. The molecule has 1 amide bonds. The lowest BCUT2D eigenvalue weighted by atomic mass is 10.0. The Hall–Kier alpha value is -2.47. The maximum Gasteiger partial charge on any atom is 0.254 e. The highest BCUT2D eigenvalue weighted by Gasteiger charge is 2.24. The Morgan fingerprint density at radius 2 is 2.15 bits per heavy atom. The highest BCUT2D eigenvalue weighted by atomic mass is 32.1. The lowest BCUT2D eigenvalue weighted by molar-refractivity contribution is 0.0706. The summed E-state index contributed by atoms with van der Waals surface area (Å²) in [5.41, 5.74) is 7.73. The van der Waals surface area contributed by atoms with Crippen molar-refractivity contribution in [3.63, 3.8) is 0 Å². The number of unbranched alkanes of at least 4 members (excludes halogenated alkanes) is 1. The zero-order valence-electron chi connectivity index (χ0n) is 14.9. The molecular formula is C20H24N2O3S. The van der Waals surface area contributed by atoms with Gasteiger partial charge < -0.3 is 20.5 Å². The fourth-order valence-electron chi connectivity index (χ4n) is 2.85. The molecule has 0 saturated heterocycles. The fraction of sp³-hybridized carbons (Fsp3) is 0.350. The summed E-state index contributed by atoms with van der Waals surface area (Å²) in [7, 11) is 0. The molecule has 0 saturated carbocycles. The molecule has 5 nitrogen and oxygen atoms in total. The van der Waals surface area contributed by atoms with Crippen molar-refractivity contribution in [3.05, 3.63) is 64.4 Å². The zero-order valence-corrected chi connectivity index (χ0v) is 15.7. The third-order valence-electron chi connectivity index (χ3n) is 4.26. The number of nitrogens with two attached hydrogens (primary N) is 1. The van der Waals surface area contributed by atoms with Gasteiger partial charge in [-0.3, -0.25) is 4.79 Å². The van der Waals surface area contributed by atoms with Gasteiger partial charge in [0.25, 0.3) is 5.91 Å². The molecule has 1 aliphatic heterocycles. The van der Waals surface area contributed by atoms with E-state index in [2.05, 4.69) is 12.2 Å². The molecule has 3 rings (SSSR count). The van der Waals surface area contributed by atoms with Gasteiger partial charge in [0.2, 0.25) is 6.79 Å². The van der Waals surface area contributed by atoms with Gasteiger partial charge in [0.05, 0.1) is 16.6 Å². The fourth-order valence-corrected chi connectivity index (χ4v) is 3.82. The van der Waals surface area contributed by atoms with Crippen molar-refractivity contribution in [3.8, 4) is 0 Å². The molecule has 3 N–H and O–H groups in total. The van der Waals surface area contributed by atoms with E-state index in [1.54, 1.807) is 6.26 Å². The van der Waals surface area contributed by atoms with Crippen LogP contribution in [0.3, 0.4) is 0 Å². The van der Waals surface area contributed by atoms with Crippen LogP contribution in [-0.2, 0) is 22.3 Å². The third-order valence-corrected chi connectivity index (χ3v) is 5.28. The summed E-state index contributed by atoms with van der Waals surface area (Å²) in [6.07, 6.45) is 5.35. The van der Waals surface area contributed by atoms with Gasteiger partial charge in [-0.05, 0) is 24.5 Å². The van der Waals surface area contributed by atoms with Crippen molar-refractivity contribution >= 4 is 22.2 Å². The molecule has 2 heterocycles. The number of nitrogens with one attached hydrogen (secondary N) is 1. The van der Waals surface area contributed by atoms with Crippen LogP contribution in [0.15, 0.2) is 48.4 Å². The number of amides is 1. The van der Waals surface area contributed by atoms with Crippen LogP contribution >= 0.6 is 11.3 Å². The molecule has 0 aliphatic carbocycles. The standard InChI is InChI=1S/C20H24N2O3S/c1-2-3-9-15-11-16(19(21)26-15)20(23)22-17(18-12-24-13-25-18)10-14-7-5-4-6-8-14/h4-8,11-12,17H,2-3,9-10,13,21H2,1H3,(H,22,23). The molecule has 1 aliphatic rings. The molecular weight excluding hydrogens is 348 g/mol. The molecule has 0 spiro atoms. The molecule has 0 radical (unpaired) electrons. The summed E-state index contributed by atoms with van der Waals surface area (Å²) in [5.74, 6) is 0.445. The first-order chi connectivity index (χ1) is 12.7. The van der Waals surface area contributed by atoms with Crippen molar-refractivity contribution in [2.24, 2.45) is 0 Å². The van der Waals surface area contributed by atoms with E-state index < -0.39 is 0 Å². The van der Waals surface area contributed by atoms with Crippen molar-refractivity contribution in [2.75, 3.05) is 12.5 Å². The lowest BCUT2D eigenvalue weighted by Gasteiger charge is -2.18. The molecule has 1 aromatic heterocycles. The number of benzene rings is 1. The molecule has 2 aromatic rings. The second kappa shape index (κ2) is 8.76. The van der Waals surface area contributed by atoms with E-state index >= 15 is 0 Å². The largest absolute Gasteiger partial charge is 0.462 e. The molecule has 138 valence electrons. The highest BCUT2D eigenvalue weighted by Crippen LogP contribution is 2.27. The topological polar surface area (TPSA) is 73.6 Å². The van der Waals surface area contributed by atoms with Gasteiger partial charge >= 0.3 is 0 Å². The van der Waals surface area contributed by atoms with E-state index in [-0.39, 0.29) is 18.7 Å². The van der Waals surface area contributed by atoms with Gasteiger partial charge in [-0.2, -0.15) is 0 Å². The molecule has 1 atom stereocenters. The molecule has 1 unspecified atom stereocenters. The van der Waals surface area contributed by atoms with E-state index in [4.69, 9.17) is 15.2 Å². The van der Waals surface area contributed by atoms with Crippen LogP contribution in [-0.4, -0.2) is 18.7 Å². The number of nitrogen functional groups attached to an aromatic ring is 1. The average Bonchev–Trinajstić information content (AvgIpc) is 3.30. The third kappa shape index (κ3) is 4.58. The summed E-state index contributed by atoms with van der Waals surface area (Å²) in [5, 5.41) is 3.61. The SMILES string of the molecule is CCCCc1cc(C(=O)NC(Cc2ccccc2)C2=COCO2)c(N)s1. The second-order valence-electron chi connectivity index (χ2n) is 6.26. The first-order valence-electron chi connectivity index (χ1n) is 8.84. The summed E-state index contributed by atoms with van der Waals surface area (Å²) >= 11 is 1.49. The van der Waals surface area contributed by atoms with Gasteiger partial charge in [-0.1, -0.05) is 43.7 Å². The second-order valence-corrected chi connectivity index (χ2v) is 7.43. The summed E-state index contributed by atoms with van der Waals surface area (Å²) in [6.45, 7) is 2.33. The number of carbonyl (C=O) groups is 1. The predicted molar refractivity (Wildman–Crippen MR) is 104 cm³/mol. The van der Waals surface area contributed by atoms with E-state index in [9.17, 15) is 4.79 Å². The quantitative estimate of drug-likeness (QED) is 0.738. The van der Waals surface area contributed by atoms with E-state index in [1.807, 2.05) is 36.4 Å². The minimum Gasteiger partial charge on any atom is -0.462 e. The maximum absolute atomic E-state index is 12.8. The molecule has 1 aromatic carbocycles. The highest BCUT2D eigenvalue weighted by molar-refractivity contribution is 7.16. The average molecular weight is 372 g/mol. The Balaban J connectivity index is 1.73. The van der Waals surface area contributed by atoms with Crippen LogP contribution in [0.1, 0.15) is 40.6 Å². The maximum atomic E-state index is 12.8. The monoisotopic (exact) mass is 372 g/mol. The Morgan fingerprint density at radius 3 is 2.85 bits per heavy atom. The van der Waals surface area contributed by atoms with Gasteiger partial charge in [0, 0.05) is 11.3 Å². The number of aryl methyl sites for hydroxylation is 1.